The SMILES string of the molecule is CN(C(=O)CN1C(=O)[C@H]2CC=CC[C@@H]2C1=O)[C@@H]1CCS(=O)(=O)C1. The summed E-state index contributed by atoms with van der Waals surface area (Å²) >= 11 is 0. The molecular formula is C15H20N2O5S. The van der Waals surface area contributed by atoms with Gasteiger partial charge in [-0.1, -0.05) is 12.2 Å². The number of fused-ring (bicyclic) bond motifs is 1. The first-order chi connectivity index (χ1) is 10.8. The summed E-state index contributed by atoms with van der Waals surface area (Å²) < 4.78 is 23.0. The van der Waals surface area contributed by atoms with Crippen LogP contribution in [-0.2, 0) is 24.2 Å². The minimum absolute atomic E-state index is 0.0493. The molecule has 23 heavy (non-hydrogen) atoms. The summed E-state index contributed by atoms with van der Waals surface area (Å²) in [5.41, 5.74) is 0. The lowest BCUT2D eigenvalue weighted by Gasteiger charge is -2.25. The standard InChI is InChI=1S/C15H20N2O5S/c1-16(10-6-7-23(21,22)9-10)13(18)8-17-14(19)11-4-2-3-5-12(11)15(17)20/h2-3,10-12H,4-9H2,1H3/t10-,11+,12+/m1/s1. The van der Waals surface area contributed by atoms with Crippen molar-refractivity contribution in [3.63, 3.8) is 0 Å². The van der Waals surface area contributed by atoms with Crippen molar-refractivity contribution < 1.29 is 22.8 Å². The van der Waals surface area contributed by atoms with Crippen LogP contribution in [0.4, 0.5) is 0 Å². The van der Waals surface area contributed by atoms with Gasteiger partial charge in [-0.2, -0.15) is 0 Å². The third kappa shape index (κ3) is 2.91. The fourth-order valence-electron chi connectivity index (χ4n) is 3.56. The van der Waals surface area contributed by atoms with Gasteiger partial charge in [-0.3, -0.25) is 19.3 Å². The minimum Gasteiger partial charge on any atom is -0.340 e. The first kappa shape index (κ1) is 16.2. The summed E-state index contributed by atoms with van der Waals surface area (Å²) in [6, 6.07) is -0.371. The number of hydrogen-bond acceptors (Lipinski definition) is 5. The number of carbonyl (C=O) groups excluding carboxylic acids is 3. The van der Waals surface area contributed by atoms with Crippen molar-refractivity contribution in [2.75, 3.05) is 25.1 Å². The van der Waals surface area contributed by atoms with Crippen molar-refractivity contribution in [3.05, 3.63) is 12.2 Å². The largest absolute Gasteiger partial charge is 0.340 e. The Bertz CT molecular complexity index is 658. The van der Waals surface area contributed by atoms with E-state index in [1.807, 2.05) is 12.2 Å². The molecule has 2 fully saturated rings. The molecule has 0 radical (unpaired) electrons. The van der Waals surface area contributed by atoms with Gasteiger partial charge < -0.3 is 4.90 Å². The van der Waals surface area contributed by atoms with Crippen LogP contribution in [0, 0.1) is 11.8 Å². The van der Waals surface area contributed by atoms with E-state index in [2.05, 4.69) is 0 Å². The van der Waals surface area contributed by atoms with E-state index in [1.165, 1.54) is 11.9 Å². The molecule has 0 N–H and O–H groups in total. The minimum atomic E-state index is -3.09. The Balaban J connectivity index is 1.66. The number of amides is 3. The monoisotopic (exact) mass is 340 g/mol. The quantitative estimate of drug-likeness (QED) is 0.514. The van der Waals surface area contributed by atoms with E-state index in [9.17, 15) is 22.8 Å². The number of sulfone groups is 1. The molecule has 2 saturated heterocycles. The third-order valence-electron chi connectivity index (χ3n) is 5.04. The number of imide groups is 1. The zero-order valence-corrected chi connectivity index (χ0v) is 13.8. The smallest absolute Gasteiger partial charge is 0.242 e. The second-order valence-electron chi connectivity index (χ2n) is 6.48. The van der Waals surface area contributed by atoms with Gasteiger partial charge >= 0.3 is 0 Å². The Morgan fingerprint density at radius 3 is 2.26 bits per heavy atom. The normalized spacial score (nSPS) is 32.2. The lowest BCUT2D eigenvalue weighted by atomic mass is 9.85. The molecule has 0 aromatic rings. The van der Waals surface area contributed by atoms with Crippen molar-refractivity contribution in [2.24, 2.45) is 11.8 Å². The fourth-order valence-corrected chi connectivity index (χ4v) is 5.33. The number of hydrogen-bond donors (Lipinski definition) is 0. The predicted molar refractivity (Wildman–Crippen MR) is 81.9 cm³/mol. The summed E-state index contributed by atoms with van der Waals surface area (Å²) in [6.45, 7) is -0.294. The molecule has 8 heteroatoms. The zero-order valence-electron chi connectivity index (χ0n) is 13.0. The van der Waals surface area contributed by atoms with E-state index in [1.54, 1.807) is 0 Å². The molecule has 0 unspecified atom stereocenters. The van der Waals surface area contributed by atoms with Crippen molar-refractivity contribution in [1.29, 1.82) is 0 Å². The average molecular weight is 340 g/mol. The molecule has 0 bridgehead atoms. The summed E-state index contributed by atoms with van der Waals surface area (Å²) in [5, 5.41) is 0. The van der Waals surface area contributed by atoms with Gasteiger partial charge in [0, 0.05) is 13.1 Å². The van der Waals surface area contributed by atoms with Gasteiger partial charge in [0.2, 0.25) is 17.7 Å². The second kappa shape index (κ2) is 5.74. The molecule has 3 aliphatic rings. The molecular weight excluding hydrogens is 320 g/mol. The summed E-state index contributed by atoms with van der Waals surface area (Å²) in [7, 11) is -1.55. The molecule has 2 aliphatic heterocycles. The van der Waals surface area contributed by atoms with Crippen molar-refractivity contribution in [1.82, 2.24) is 9.80 Å². The topological polar surface area (TPSA) is 91.8 Å². The van der Waals surface area contributed by atoms with Crippen molar-refractivity contribution >= 4 is 27.6 Å². The highest BCUT2D eigenvalue weighted by molar-refractivity contribution is 7.91. The number of rotatable bonds is 3. The molecule has 3 atom stereocenters. The number of likely N-dealkylation sites (N-methyl/N-ethyl adjacent to an activating group) is 1. The zero-order chi connectivity index (χ0) is 16.8. The van der Waals surface area contributed by atoms with Gasteiger partial charge in [0.25, 0.3) is 0 Å². The summed E-state index contributed by atoms with van der Waals surface area (Å²) in [5.74, 6) is -1.63. The molecule has 3 rings (SSSR count). The first-order valence-electron chi connectivity index (χ1n) is 7.76. The highest BCUT2D eigenvalue weighted by atomic mass is 32.2. The summed E-state index contributed by atoms with van der Waals surface area (Å²) in [6.07, 6.45) is 5.27. The molecule has 0 aromatic heterocycles. The van der Waals surface area contributed by atoms with Crippen molar-refractivity contribution in [2.45, 2.75) is 25.3 Å². The van der Waals surface area contributed by atoms with Crippen LogP contribution in [0.1, 0.15) is 19.3 Å². The van der Waals surface area contributed by atoms with Crippen LogP contribution in [0.25, 0.3) is 0 Å². The van der Waals surface area contributed by atoms with E-state index in [4.69, 9.17) is 0 Å². The van der Waals surface area contributed by atoms with Gasteiger partial charge in [-0.15, -0.1) is 0 Å². The molecule has 0 spiro atoms. The first-order valence-corrected chi connectivity index (χ1v) is 9.58. The fraction of sp³-hybridized carbons (Fsp3) is 0.667. The highest BCUT2D eigenvalue weighted by Crippen LogP contribution is 2.35. The Kier molecular flexibility index (Phi) is 4.03. The molecule has 0 saturated carbocycles. The van der Waals surface area contributed by atoms with Crippen LogP contribution >= 0.6 is 0 Å². The predicted octanol–water partition coefficient (Wildman–Crippen LogP) is -0.417. The molecule has 126 valence electrons. The maximum Gasteiger partial charge on any atom is 0.242 e. The molecule has 2 heterocycles. The lowest BCUT2D eigenvalue weighted by Crippen LogP contribution is -2.45. The van der Waals surface area contributed by atoms with Gasteiger partial charge in [0.1, 0.15) is 6.54 Å². The maximum atomic E-state index is 12.4. The Morgan fingerprint density at radius 2 is 1.78 bits per heavy atom. The lowest BCUT2D eigenvalue weighted by molar-refractivity contribution is -0.146. The Labute approximate surface area is 135 Å². The van der Waals surface area contributed by atoms with Gasteiger partial charge in [-0.05, 0) is 19.3 Å². The number of carbonyl (C=O) groups is 3. The second-order valence-corrected chi connectivity index (χ2v) is 8.71. The van der Waals surface area contributed by atoms with Gasteiger partial charge in [-0.25, -0.2) is 8.42 Å². The Hall–Kier alpha value is -1.70. The van der Waals surface area contributed by atoms with Crippen LogP contribution in [-0.4, -0.2) is 67.1 Å². The van der Waals surface area contributed by atoms with Crippen LogP contribution in [0.2, 0.25) is 0 Å². The molecule has 7 nitrogen and oxygen atoms in total. The molecule has 3 amide bonds. The van der Waals surface area contributed by atoms with Gasteiger partial charge in [0.15, 0.2) is 9.84 Å². The number of likely N-dealkylation sites (tertiary alicyclic amines) is 1. The summed E-state index contributed by atoms with van der Waals surface area (Å²) in [4.78, 5) is 39.5. The van der Waals surface area contributed by atoms with Crippen LogP contribution in [0.3, 0.4) is 0 Å². The Morgan fingerprint density at radius 1 is 1.22 bits per heavy atom. The number of allylic oxidation sites excluding steroid dienone is 2. The van der Waals surface area contributed by atoms with Crippen LogP contribution in [0.5, 0.6) is 0 Å². The third-order valence-corrected chi connectivity index (χ3v) is 6.79. The van der Waals surface area contributed by atoms with E-state index in [0.717, 1.165) is 4.90 Å². The average Bonchev–Trinajstić information content (AvgIpc) is 3.00. The highest BCUT2D eigenvalue weighted by Gasteiger charge is 2.48. The maximum absolute atomic E-state index is 12.4. The van der Waals surface area contributed by atoms with E-state index in [0.29, 0.717) is 19.3 Å². The molecule has 0 aromatic carbocycles. The van der Waals surface area contributed by atoms with E-state index >= 15 is 0 Å². The van der Waals surface area contributed by atoms with E-state index < -0.39 is 9.84 Å². The molecule has 1 aliphatic carbocycles. The number of nitrogens with zero attached hydrogens (tertiary/aromatic N) is 2. The van der Waals surface area contributed by atoms with E-state index in [-0.39, 0.29) is 53.6 Å². The van der Waals surface area contributed by atoms with Crippen molar-refractivity contribution in [3.8, 4) is 0 Å². The van der Waals surface area contributed by atoms with Crippen LogP contribution in [0.15, 0.2) is 12.2 Å². The van der Waals surface area contributed by atoms with Crippen LogP contribution < -0.4 is 0 Å². The van der Waals surface area contributed by atoms with Gasteiger partial charge in [0.05, 0.1) is 23.3 Å².